The highest BCUT2D eigenvalue weighted by molar-refractivity contribution is 5.95. The molecule has 1 saturated heterocycles. The van der Waals surface area contributed by atoms with Gasteiger partial charge < -0.3 is 14.4 Å². The Labute approximate surface area is 127 Å². The maximum absolute atomic E-state index is 12.8. The summed E-state index contributed by atoms with van der Waals surface area (Å²) < 4.78 is 5.49. The molecular formula is C15H18N4O3. The molecular weight excluding hydrogens is 284 g/mol. The molecule has 2 aliphatic rings. The SMILES string of the molecule is O=C(c1ccoc1C1CC1)N1CCCC(O)(c2cn[nH]n2)C1. The van der Waals surface area contributed by atoms with E-state index in [0.29, 0.717) is 30.1 Å². The number of amides is 1. The van der Waals surface area contributed by atoms with E-state index in [1.165, 1.54) is 6.20 Å². The molecule has 2 fully saturated rings. The van der Waals surface area contributed by atoms with E-state index in [-0.39, 0.29) is 12.5 Å². The number of hydrogen-bond donors (Lipinski definition) is 2. The van der Waals surface area contributed by atoms with Gasteiger partial charge in [0, 0.05) is 12.5 Å². The number of nitrogens with zero attached hydrogens (tertiary/aromatic N) is 3. The summed E-state index contributed by atoms with van der Waals surface area (Å²) in [6.45, 7) is 0.863. The first-order valence-electron chi connectivity index (χ1n) is 7.63. The molecule has 1 unspecified atom stereocenters. The summed E-state index contributed by atoms with van der Waals surface area (Å²) in [5.41, 5.74) is -0.0174. The molecule has 1 aliphatic heterocycles. The van der Waals surface area contributed by atoms with E-state index in [9.17, 15) is 9.90 Å². The lowest BCUT2D eigenvalue weighted by Gasteiger charge is -2.37. The number of hydrogen-bond acceptors (Lipinski definition) is 5. The largest absolute Gasteiger partial charge is 0.468 e. The van der Waals surface area contributed by atoms with E-state index in [4.69, 9.17) is 4.42 Å². The number of aromatic amines is 1. The zero-order valence-electron chi connectivity index (χ0n) is 12.2. The van der Waals surface area contributed by atoms with E-state index in [2.05, 4.69) is 15.4 Å². The number of piperidine rings is 1. The van der Waals surface area contributed by atoms with Gasteiger partial charge in [0.15, 0.2) is 0 Å². The quantitative estimate of drug-likeness (QED) is 0.893. The van der Waals surface area contributed by atoms with E-state index in [1.54, 1.807) is 17.2 Å². The Morgan fingerprint density at radius 1 is 1.50 bits per heavy atom. The number of carbonyl (C=O) groups excluding carboxylic acids is 1. The number of aliphatic hydroxyl groups is 1. The molecule has 2 N–H and O–H groups in total. The van der Waals surface area contributed by atoms with Gasteiger partial charge in [0.05, 0.1) is 24.6 Å². The van der Waals surface area contributed by atoms with Gasteiger partial charge in [-0.15, -0.1) is 0 Å². The van der Waals surface area contributed by atoms with Crippen LogP contribution in [0.1, 0.15) is 53.4 Å². The van der Waals surface area contributed by atoms with Crippen molar-refractivity contribution >= 4 is 5.91 Å². The molecule has 0 bridgehead atoms. The zero-order chi connectivity index (χ0) is 15.2. The van der Waals surface area contributed by atoms with Crippen molar-refractivity contribution < 1.29 is 14.3 Å². The van der Waals surface area contributed by atoms with Crippen molar-refractivity contribution in [1.82, 2.24) is 20.3 Å². The second-order valence-electron chi connectivity index (χ2n) is 6.19. The molecule has 22 heavy (non-hydrogen) atoms. The number of H-pyrrole nitrogens is 1. The monoisotopic (exact) mass is 302 g/mol. The van der Waals surface area contributed by atoms with Crippen LogP contribution in [-0.2, 0) is 5.60 Å². The fourth-order valence-corrected chi connectivity index (χ4v) is 3.17. The number of carbonyl (C=O) groups is 1. The Bertz CT molecular complexity index is 677. The van der Waals surface area contributed by atoms with Gasteiger partial charge in [-0.05, 0) is 31.7 Å². The summed E-state index contributed by atoms with van der Waals surface area (Å²) >= 11 is 0. The summed E-state index contributed by atoms with van der Waals surface area (Å²) in [5.74, 6) is 1.10. The van der Waals surface area contributed by atoms with Crippen LogP contribution in [0.4, 0.5) is 0 Å². The second kappa shape index (κ2) is 4.95. The standard InChI is InChI=1S/C15H18N4O3/c20-14(11-4-7-22-13(11)10-2-3-10)19-6-1-5-15(21,9-19)12-8-16-18-17-12/h4,7-8,10,21H,1-3,5-6,9H2,(H,16,17,18). The number of aromatic nitrogens is 3. The molecule has 4 rings (SSSR count). The van der Waals surface area contributed by atoms with Gasteiger partial charge in [-0.3, -0.25) is 4.79 Å². The Morgan fingerprint density at radius 3 is 3.09 bits per heavy atom. The average Bonchev–Trinajstić information content (AvgIpc) is 3.05. The lowest BCUT2D eigenvalue weighted by molar-refractivity contribution is -0.0321. The van der Waals surface area contributed by atoms with Gasteiger partial charge in [0.1, 0.15) is 17.1 Å². The van der Waals surface area contributed by atoms with Crippen LogP contribution in [0.15, 0.2) is 22.9 Å². The molecule has 2 aromatic heterocycles. The van der Waals surface area contributed by atoms with Crippen molar-refractivity contribution in [2.45, 2.75) is 37.2 Å². The van der Waals surface area contributed by atoms with Crippen molar-refractivity contribution in [3.05, 3.63) is 35.5 Å². The van der Waals surface area contributed by atoms with Crippen LogP contribution < -0.4 is 0 Å². The summed E-state index contributed by atoms with van der Waals surface area (Å²) in [5, 5.41) is 21.1. The third kappa shape index (κ3) is 2.21. The Kier molecular flexibility index (Phi) is 3.04. The van der Waals surface area contributed by atoms with E-state index in [0.717, 1.165) is 25.0 Å². The normalized spacial score (nSPS) is 25.4. The van der Waals surface area contributed by atoms with Crippen molar-refractivity contribution in [2.24, 2.45) is 0 Å². The van der Waals surface area contributed by atoms with Gasteiger partial charge in [-0.1, -0.05) is 0 Å². The lowest BCUT2D eigenvalue weighted by atomic mass is 9.89. The summed E-state index contributed by atoms with van der Waals surface area (Å²) in [6, 6.07) is 1.74. The van der Waals surface area contributed by atoms with Crippen LogP contribution in [-0.4, -0.2) is 44.4 Å². The molecule has 0 aromatic carbocycles. The van der Waals surface area contributed by atoms with Crippen LogP contribution in [0.25, 0.3) is 0 Å². The van der Waals surface area contributed by atoms with E-state index < -0.39 is 5.60 Å². The topological polar surface area (TPSA) is 95.3 Å². The van der Waals surface area contributed by atoms with Crippen molar-refractivity contribution in [1.29, 1.82) is 0 Å². The van der Waals surface area contributed by atoms with Crippen LogP contribution in [0.5, 0.6) is 0 Å². The molecule has 1 saturated carbocycles. The molecule has 1 aliphatic carbocycles. The molecule has 1 amide bonds. The minimum Gasteiger partial charge on any atom is -0.468 e. The minimum absolute atomic E-state index is 0.0720. The third-order valence-corrected chi connectivity index (χ3v) is 4.52. The molecule has 7 heteroatoms. The number of nitrogens with one attached hydrogen (secondary N) is 1. The smallest absolute Gasteiger partial charge is 0.257 e. The molecule has 0 spiro atoms. The van der Waals surface area contributed by atoms with Gasteiger partial charge >= 0.3 is 0 Å². The first kappa shape index (κ1) is 13.5. The highest BCUT2D eigenvalue weighted by Crippen LogP contribution is 2.42. The lowest BCUT2D eigenvalue weighted by Crippen LogP contribution is -2.48. The summed E-state index contributed by atoms with van der Waals surface area (Å²) in [7, 11) is 0. The number of rotatable bonds is 3. The van der Waals surface area contributed by atoms with E-state index in [1.807, 2.05) is 0 Å². The molecule has 3 heterocycles. The molecule has 1 atom stereocenters. The predicted octanol–water partition coefficient (Wildman–Crippen LogP) is 1.40. The molecule has 2 aromatic rings. The number of furan rings is 1. The maximum atomic E-state index is 12.8. The summed E-state index contributed by atoms with van der Waals surface area (Å²) in [4.78, 5) is 14.5. The highest BCUT2D eigenvalue weighted by Gasteiger charge is 2.40. The first-order valence-corrected chi connectivity index (χ1v) is 7.63. The zero-order valence-corrected chi connectivity index (χ0v) is 12.2. The molecule has 7 nitrogen and oxygen atoms in total. The number of likely N-dealkylation sites (tertiary alicyclic amines) is 1. The van der Waals surface area contributed by atoms with Gasteiger partial charge in [0.2, 0.25) is 0 Å². The third-order valence-electron chi connectivity index (χ3n) is 4.52. The first-order chi connectivity index (χ1) is 10.7. The maximum Gasteiger partial charge on any atom is 0.257 e. The summed E-state index contributed by atoms with van der Waals surface area (Å²) in [6.07, 6.45) is 6.55. The van der Waals surface area contributed by atoms with Crippen molar-refractivity contribution in [2.75, 3.05) is 13.1 Å². The average molecular weight is 302 g/mol. The molecule has 116 valence electrons. The van der Waals surface area contributed by atoms with Gasteiger partial charge in [-0.2, -0.15) is 15.4 Å². The van der Waals surface area contributed by atoms with Gasteiger partial charge in [-0.25, -0.2) is 0 Å². The predicted molar refractivity (Wildman–Crippen MR) is 76.1 cm³/mol. The van der Waals surface area contributed by atoms with Crippen LogP contribution in [0.3, 0.4) is 0 Å². The van der Waals surface area contributed by atoms with Crippen LogP contribution in [0, 0.1) is 0 Å². The second-order valence-corrected chi connectivity index (χ2v) is 6.19. The fourth-order valence-electron chi connectivity index (χ4n) is 3.17. The van der Waals surface area contributed by atoms with Crippen molar-refractivity contribution in [3.63, 3.8) is 0 Å². The Balaban J connectivity index is 1.57. The Hall–Kier alpha value is -2.15. The van der Waals surface area contributed by atoms with Crippen LogP contribution in [0.2, 0.25) is 0 Å². The van der Waals surface area contributed by atoms with E-state index >= 15 is 0 Å². The number of β-amino-alcohol motifs (C(OH)–C–C–N with tert-alkyl or cyclic N) is 1. The Morgan fingerprint density at radius 2 is 2.36 bits per heavy atom. The highest BCUT2D eigenvalue weighted by atomic mass is 16.3. The van der Waals surface area contributed by atoms with Gasteiger partial charge in [0.25, 0.3) is 5.91 Å². The van der Waals surface area contributed by atoms with Crippen molar-refractivity contribution in [3.8, 4) is 0 Å². The fraction of sp³-hybridized carbons (Fsp3) is 0.533. The van der Waals surface area contributed by atoms with Crippen LogP contribution >= 0.6 is 0 Å². The molecule has 0 radical (unpaired) electrons. The minimum atomic E-state index is -1.13.